The minimum atomic E-state index is -2.40. The Hall–Kier alpha value is -2.90. The Morgan fingerprint density at radius 1 is 1.04 bits per heavy atom. The number of aromatic hydroxyl groups is 1. The monoisotopic (exact) mass is 694 g/mol. The number of phenols is 1. The van der Waals surface area contributed by atoms with Crippen LogP contribution in [-0.2, 0) is 33.3 Å². The first-order chi connectivity index (χ1) is 23.8. The fraction of sp³-hybridized carbons (Fsp3) is 0.641. The quantitative estimate of drug-likeness (QED) is 0.0767. The fourth-order valence-corrected chi connectivity index (χ4v) is 9.95. The third-order valence-corrected chi connectivity index (χ3v) is 12.4. The first-order valence-corrected chi connectivity index (χ1v) is 18.1. The molecule has 3 heterocycles. The van der Waals surface area contributed by atoms with Crippen LogP contribution in [0.4, 0.5) is 0 Å². The van der Waals surface area contributed by atoms with Gasteiger partial charge in [-0.05, 0) is 55.2 Å². The van der Waals surface area contributed by atoms with Crippen LogP contribution in [0.25, 0.3) is 6.08 Å². The van der Waals surface area contributed by atoms with E-state index in [-0.39, 0.29) is 11.3 Å². The zero-order valence-corrected chi connectivity index (χ0v) is 29.3. The Bertz CT molecular complexity index is 1600. The summed E-state index contributed by atoms with van der Waals surface area (Å²) in [6.45, 7) is 11.1. The van der Waals surface area contributed by atoms with Gasteiger partial charge in [0.25, 0.3) is 5.97 Å². The SMILES string of the molecule is C=C(C)[C@@]12OC3(CCCCCCCCC)O[C@@H]1[C@@H]1[C@@H]4O[C@]4(CO)[C@@H](O)[C@]4(O)C(=O)C(C)=C[C@H]4C1(O3)[C@H](C)[C@H]2OC(=O)/C=C/c1ccc(O)cc1. The van der Waals surface area contributed by atoms with Crippen molar-refractivity contribution in [3.8, 4) is 5.75 Å². The number of ether oxygens (including phenoxy) is 5. The summed E-state index contributed by atoms with van der Waals surface area (Å²) in [6.07, 6.45) is 7.47. The molecule has 0 spiro atoms. The van der Waals surface area contributed by atoms with Crippen LogP contribution in [0, 0.1) is 17.8 Å². The van der Waals surface area contributed by atoms with Crippen LogP contribution < -0.4 is 0 Å². The maximum absolute atomic E-state index is 13.9. The number of aliphatic hydroxyl groups is 3. The molecule has 6 aliphatic rings. The third kappa shape index (κ3) is 4.81. The lowest BCUT2D eigenvalue weighted by Crippen LogP contribution is -2.76. The van der Waals surface area contributed by atoms with Gasteiger partial charge in [-0.15, -0.1) is 0 Å². The van der Waals surface area contributed by atoms with Gasteiger partial charge in [-0.2, -0.15) is 0 Å². The molecule has 0 radical (unpaired) electrons. The highest BCUT2D eigenvalue weighted by Crippen LogP contribution is 2.73. The second-order valence-corrected chi connectivity index (χ2v) is 15.4. The number of carbonyl (C=O) groups is 2. The number of aliphatic hydroxyl groups excluding tert-OH is 2. The molecule has 12 atom stereocenters. The van der Waals surface area contributed by atoms with Crippen LogP contribution in [0.2, 0.25) is 0 Å². The largest absolute Gasteiger partial charge is 0.508 e. The number of phenolic OH excluding ortho intramolecular Hbond substituents is 1. The Morgan fingerprint density at radius 3 is 2.38 bits per heavy atom. The molecule has 5 fully saturated rings. The maximum atomic E-state index is 13.9. The van der Waals surface area contributed by atoms with E-state index in [9.17, 15) is 30.0 Å². The van der Waals surface area contributed by atoms with Gasteiger partial charge in [0.1, 0.15) is 35.8 Å². The van der Waals surface area contributed by atoms with Gasteiger partial charge >= 0.3 is 5.97 Å². The van der Waals surface area contributed by atoms with Crippen LogP contribution in [-0.4, -0.2) is 91.6 Å². The van der Waals surface area contributed by atoms with Gasteiger partial charge in [0, 0.05) is 30.3 Å². The van der Waals surface area contributed by atoms with Crippen molar-refractivity contribution in [3.05, 3.63) is 59.7 Å². The third-order valence-electron chi connectivity index (χ3n) is 12.4. The van der Waals surface area contributed by atoms with E-state index in [4.69, 9.17) is 23.7 Å². The van der Waals surface area contributed by atoms with Crippen LogP contribution >= 0.6 is 0 Å². The van der Waals surface area contributed by atoms with E-state index in [1.165, 1.54) is 31.1 Å². The Balaban J connectivity index is 1.32. The van der Waals surface area contributed by atoms with E-state index in [0.29, 0.717) is 24.0 Å². The molecule has 7 rings (SSSR count). The summed E-state index contributed by atoms with van der Waals surface area (Å²) in [5, 5.41) is 44.7. The van der Waals surface area contributed by atoms with E-state index in [0.717, 1.165) is 25.7 Å². The van der Waals surface area contributed by atoms with Crippen molar-refractivity contribution in [2.75, 3.05) is 6.61 Å². The number of hydrogen-bond donors (Lipinski definition) is 4. The average Bonchev–Trinajstić information content (AvgIpc) is 3.72. The molecule has 0 aromatic heterocycles. The zero-order valence-electron chi connectivity index (χ0n) is 29.3. The number of hydrogen-bond acceptors (Lipinski definition) is 11. The van der Waals surface area contributed by atoms with E-state index in [2.05, 4.69) is 13.5 Å². The summed E-state index contributed by atoms with van der Waals surface area (Å²) in [5.41, 5.74) is -5.56. The highest BCUT2D eigenvalue weighted by Gasteiger charge is 2.90. The summed E-state index contributed by atoms with van der Waals surface area (Å²) >= 11 is 0. The van der Waals surface area contributed by atoms with Crippen molar-refractivity contribution >= 4 is 17.8 Å². The molecule has 272 valence electrons. The molecule has 50 heavy (non-hydrogen) atoms. The second-order valence-electron chi connectivity index (χ2n) is 15.4. The molecule has 3 saturated heterocycles. The average molecular weight is 695 g/mol. The van der Waals surface area contributed by atoms with E-state index >= 15 is 0 Å². The van der Waals surface area contributed by atoms with Crippen molar-refractivity contribution in [1.82, 2.24) is 0 Å². The fourth-order valence-electron chi connectivity index (χ4n) is 9.95. The number of esters is 1. The first-order valence-electron chi connectivity index (χ1n) is 18.1. The van der Waals surface area contributed by atoms with Crippen molar-refractivity contribution in [3.63, 3.8) is 0 Å². The predicted molar refractivity (Wildman–Crippen MR) is 180 cm³/mol. The van der Waals surface area contributed by atoms with Crippen molar-refractivity contribution in [2.24, 2.45) is 17.8 Å². The summed E-state index contributed by atoms with van der Waals surface area (Å²) in [6, 6.07) is 6.35. The minimum absolute atomic E-state index is 0.0971. The molecule has 3 bridgehead atoms. The lowest BCUT2D eigenvalue weighted by molar-refractivity contribution is -0.431. The van der Waals surface area contributed by atoms with Gasteiger partial charge in [0.2, 0.25) is 0 Å². The smallest absolute Gasteiger partial charge is 0.331 e. The number of ketones is 1. The number of benzene rings is 1. The number of epoxide rings is 1. The first kappa shape index (κ1) is 35.5. The summed E-state index contributed by atoms with van der Waals surface area (Å²) < 4.78 is 33.5. The lowest BCUT2D eigenvalue weighted by atomic mass is 9.53. The highest BCUT2D eigenvalue weighted by molar-refractivity contribution is 6.05. The van der Waals surface area contributed by atoms with Crippen LogP contribution in [0.15, 0.2) is 54.1 Å². The highest BCUT2D eigenvalue weighted by atomic mass is 16.9. The van der Waals surface area contributed by atoms with Crippen molar-refractivity contribution < 1.29 is 53.7 Å². The van der Waals surface area contributed by atoms with Crippen LogP contribution in [0.5, 0.6) is 5.75 Å². The molecule has 1 aromatic carbocycles. The van der Waals surface area contributed by atoms with Crippen LogP contribution in [0.1, 0.15) is 84.6 Å². The summed E-state index contributed by atoms with van der Waals surface area (Å²) in [4.78, 5) is 27.6. The van der Waals surface area contributed by atoms with Crippen molar-refractivity contribution in [2.45, 2.75) is 132 Å². The molecule has 2 unspecified atom stereocenters. The second kappa shape index (κ2) is 12.4. The van der Waals surface area contributed by atoms with Gasteiger partial charge in [-0.25, -0.2) is 4.79 Å². The zero-order chi connectivity index (χ0) is 35.9. The predicted octanol–water partition coefficient (Wildman–Crippen LogP) is 4.26. The normalized spacial score (nSPS) is 43.6. The summed E-state index contributed by atoms with van der Waals surface area (Å²) in [7, 11) is 0. The number of Topliss-reactive ketones (excluding diaryl/α,β-unsaturated/α-hetero) is 1. The minimum Gasteiger partial charge on any atom is -0.508 e. The molecule has 1 aromatic rings. The van der Waals surface area contributed by atoms with Crippen molar-refractivity contribution in [1.29, 1.82) is 0 Å². The van der Waals surface area contributed by atoms with E-state index in [1.807, 2.05) is 6.92 Å². The lowest BCUT2D eigenvalue weighted by Gasteiger charge is -2.61. The molecule has 2 saturated carbocycles. The van der Waals surface area contributed by atoms with E-state index < -0.39 is 88.9 Å². The Labute approximate surface area is 292 Å². The maximum Gasteiger partial charge on any atom is 0.331 e. The van der Waals surface area contributed by atoms with Gasteiger partial charge in [-0.1, -0.05) is 77.2 Å². The standard InChI is InChI=1S/C39H50O11/c1-6-7-8-9-10-11-12-19-36-48-33-29-32-35(21-40,47-32)34(44)37(45)27(20-23(4)30(37)43)39(29,50-36)24(5)31(38(33,49-36)22(2)3)46-28(42)18-15-25-13-16-26(41)17-14-25/h13-18,20,24,27,29,31-34,40-41,44-45H,2,6-12,19,21H2,1,3-5H3/b18-15+/t24-,27-,29+,31-,32+,33-,34-,35+,36?,37-,38+,39?/m1/s1. The van der Waals surface area contributed by atoms with Gasteiger partial charge < -0.3 is 44.1 Å². The Morgan fingerprint density at radius 2 is 1.72 bits per heavy atom. The molecule has 4 N–H and O–H groups in total. The molecule has 0 amide bonds. The number of carbonyl (C=O) groups excluding carboxylic acids is 2. The van der Waals surface area contributed by atoms with Gasteiger partial charge in [0.05, 0.1) is 12.2 Å². The van der Waals surface area contributed by atoms with Gasteiger partial charge in [-0.3, -0.25) is 4.79 Å². The molecular weight excluding hydrogens is 644 g/mol. The summed E-state index contributed by atoms with van der Waals surface area (Å²) in [5.74, 6) is -5.54. The molecular formula is C39H50O11. The van der Waals surface area contributed by atoms with E-state index in [1.54, 1.807) is 38.1 Å². The number of unbranched alkanes of at least 4 members (excludes halogenated alkanes) is 6. The molecule has 11 nitrogen and oxygen atoms in total. The topological polar surface area (TPSA) is 165 Å². The van der Waals surface area contributed by atoms with Gasteiger partial charge in [0.15, 0.2) is 17.0 Å². The Kier molecular flexibility index (Phi) is 8.78. The molecule has 3 aliphatic heterocycles. The number of fused-ring (bicyclic) bond motifs is 3. The molecule has 11 heteroatoms. The van der Waals surface area contributed by atoms with Crippen LogP contribution in [0.3, 0.4) is 0 Å². The molecule has 3 aliphatic carbocycles. The number of rotatable bonds is 13.